The number of ether oxygens (including phenoxy) is 2. The van der Waals surface area contributed by atoms with Gasteiger partial charge in [-0.1, -0.05) is 19.3 Å². The quantitative estimate of drug-likeness (QED) is 0.391. The number of nitrogens with zero attached hydrogens (tertiary/aromatic N) is 1. The second-order valence-corrected chi connectivity index (χ2v) is 12.6. The number of aliphatic hydroxyl groups is 1. The Morgan fingerprint density at radius 1 is 0.975 bits per heavy atom. The Balaban J connectivity index is 1.38. The van der Waals surface area contributed by atoms with Crippen LogP contribution in [-0.2, 0) is 15.5 Å². The maximum Gasteiger partial charge on any atom is 0.573 e. The molecule has 15 heteroatoms. The van der Waals surface area contributed by atoms with Crippen LogP contribution in [0.2, 0.25) is 0 Å². The van der Waals surface area contributed by atoms with Gasteiger partial charge in [-0.2, -0.15) is 13.2 Å². The second kappa shape index (κ2) is 11.7. The minimum Gasteiger partial charge on any atom is -0.406 e. The number of nitrogens with one attached hydrogen (secondary N) is 3. The molecule has 0 aliphatic carbocycles. The zero-order valence-corrected chi connectivity index (χ0v) is 22.5. The SMILES string of the molecule is O=S(c1ccc(OC(F)(F)F)cc1)C1CCC2NC1N1CCC[C@H]1CCCCCC(O)(C(F)(F)F)C1NNC2O1. The highest BCUT2D eigenvalue weighted by Gasteiger charge is 2.61. The molecule has 7 unspecified atom stereocenters. The Hall–Kier alpha value is -1.49. The molecule has 0 amide bonds. The molecule has 4 saturated heterocycles. The first-order valence-corrected chi connectivity index (χ1v) is 14.8. The molecule has 4 aliphatic rings. The molecule has 5 rings (SSSR count). The molecule has 0 spiro atoms. The summed E-state index contributed by atoms with van der Waals surface area (Å²) in [5.41, 5.74) is 2.22. The fourth-order valence-electron chi connectivity index (χ4n) is 6.34. The number of alkyl halides is 6. The molecule has 40 heavy (non-hydrogen) atoms. The maximum absolute atomic E-state index is 14.0. The molecule has 4 N–H and O–H groups in total. The van der Waals surface area contributed by atoms with E-state index in [1.807, 2.05) is 0 Å². The van der Waals surface area contributed by atoms with E-state index < -0.39 is 71.0 Å². The van der Waals surface area contributed by atoms with Gasteiger partial charge in [0, 0.05) is 23.5 Å². The standard InChI is InChI=1S/C25H34F6N4O4S/c26-24(27,28)23(36)13-3-1-2-5-15-6-4-14-35(15)20-19(12-11-18(32-20)21-33-34-22(23)38-21)40(37)17-9-7-16(8-10-17)39-25(29,30)31/h7-10,15,18-22,32-34,36H,1-6,11-14H2/t15-,18?,19?,20?,21?,22?,23?,40?/m1/s1. The van der Waals surface area contributed by atoms with Crippen molar-refractivity contribution in [1.82, 2.24) is 21.1 Å². The van der Waals surface area contributed by atoms with Gasteiger partial charge in [0.15, 0.2) is 6.23 Å². The van der Waals surface area contributed by atoms with Crippen molar-refractivity contribution in [2.24, 2.45) is 0 Å². The molecule has 226 valence electrons. The lowest BCUT2D eigenvalue weighted by Gasteiger charge is -2.45. The smallest absolute Gasteiger partial charge is 0.406 e. The van der Waals surface area contributed by atoms with Gasteiger partial charge in [0.2, 0.25) is 5.60 Å². The third kappa shape index (κ3) is 6.30. The zero-order chi connectivity index (χ0) is 28.7. The molecule has 1 aromatic rings. The minimum absolute atomic E-state index is 0.145. The summed E-state index contributed by atoms with van der Waals surface area (Å²) in [7, 11) is -1.59. The molecule has 1 aromatic carbocycles. The van der Waals surface area contributed by atoms with Crippen molar-refractivity contribution in [2.75, 3.05) is 6.54 Å². The fourth-order valence-corrected chi connectivity index (χ4v) is 7.91. The molecule has 0 saturated carbocycles. The predicted molar refractivity (Wildman–Crippen MR) is 132 cm³/mol. The normalized spacial score (nSPS) is 37.0. The van der Waals surface area contributed by atoms with Crippen LogP contribution in [0.25, 0.3) is 0 Å². The van der Waals surface area contributed by atoms with E-state index in [0.29, 0.717) is 30.6 Å². The van der Waals surface area contributed by atoms with Crippen LogP contribution >= 0.6 is 0 Å². The van der Waals surface area contributed by atoms with E-state index in [4.69, 9.17) is 4.74 Å². The lowest BCUT2D eigenvalue weighted by Crippen LogP contribution is -2.64. The van der Waals surface area contributed by atoms with Gasteiger partial charge in [-0.3, -0.25) is 14.4 Å². The monoisotopic (exact) mass is 600 g/mol. The number of hydrogen-bond acceptors (Lipinski definition) is 8. The maximum atomic E-state index is 14.0. The number of rotatable bonds is 3. The van der Waals surface area contributed by atoms with Crippen LogP contribution in [0.3, 0.4) is 0 Å². The summed E-state index contributed by atoms with van der Waals surface area (Å²) in [6.45, 7) is 0.759. The first kappa shape index (κ1) is 30.0. The van der Waals surface area contributed by atoms with Crippen LogP contribution < -0.4 is 20.9 Å². The molecule has 8 atom stereocenters. The number of hydrazine groups is 1. The van der Waals surface area contributed by atoms with Crippen LogP contribution in [0.4, 0.5) is 26.3 Å². The van der Waals surface area contributed by atoms with Crippen molar-refractivity contribution in [2.45, 2.75) is 117 Å². The van der Waals surface area contributed by atoms with Crippen molar-refractivity contribution >= 4 is 10.8 Å². The summed E-state index contributed by atoms with van der Waals surface area (Å²) < 4.78 is 103. The van der Waals surface area contributed by atoms with E-state index in [0.717, 1.165) is 37.9 Å². The van der Waals surface area contributed by atoms with Gasteiger partial charge in [0.25, 0.3) is 0 Å². The molecule has 4 bridgehead atoms. The zero-order valence-electron chi connectivity index (χ0n) is 21.6. The first-order valence-electron chi connectivity index (χ1n) is 13.6. The van der Waals surface area contributed by atoms with E-state index in [9.17, 15) is 35.7 Å². The van der Waals surface area contributed by atoms with Crippen molar-refractivity contribution in [3.05, 3.63) is 24.3 Å². The van der Waals surface area contributed by atoms with Gasteiger partial charge >= 0.3 is 12.5 Å². The number of fused-ring (bicyclic) bond motifs is 7. The Labute approximate surface area is 230 Å². The first-order chi connectivity index (χ1) is 18.9. The highest BCUT2D eigenvalue weighted by Crippen LogP contribution is 2.40. The van der Waals surface area contributed by atoms with Crippen molar-refractivity contribution < 1.29 is 45.1 Å². The molecule has 4 heterocycles. The molecule has 4 aliphatic heterocycles. The molecule has 8 nitrogen and oxygen atoms in total. The average Bonchev–Trinajstić information content (AvgIpc) is 3.56. The van der Waals surface area contributed by atoms with Gasteiger partial charge < -0.3 is 14.6 Å². The summed E-state index contributed by atoms with van der Waals surface area (Å²) in [5.74, 6) is -0.405. The highest BCUT2D eigenvalue weighted by atomic mass is 32.2. The van der Waals surface area contributed by atoms with Crippen molar-refractivity contribution in [1.29, 1.82) is 0 Å². The summed E-state index contributed by atoms with van der Waals surface area (Å²) >= 11 is 0. The van der Waals surface area contributed by atoms with E-state index in [-0.39, 0.29) is 12.5 Å². The second-order valence-electron chi connectivity index (χ2n) is 10.9. The van der Waals surface area contributed by atoms with Crippen LogP contribution in [0.5, 0.6) is 5.75 Å². The van der Waals surface area contributed by atoms with E-state index in [1.54, 1.807) is 0 Å². The van der Waals surface area contributed by atoms with Gasteiger partial charge in [-0.05, 0) is 62.8 Å². The minimum atomic E-state index is -4.90. The topological polar surface area (TPSA) is 95.1 Å². The Kier molecular flexibility index (Phi) is 8.73. The molecule has 4 fully saturated rings. The third-order valence-corrected chi connectivity index (χ3v) is 10.1. The molecular formula is C25H34F6N4O4S. The molecular weight excluding hydrogens is 566 g/mol. The number of halogens is 6. The van der Waals surface area contributed by atoms with E-state index in [1.165, 1.54) is 12.1 Å². The lowest BCUT2D eigenvalue weighted by atomic mass is 9.92. The van der Waals surface area contributed by atoms with Gasteiger partial charge in [-0.15, -0.1) is 13.2 Å². The highest BCUT2D eigenvalue weighted by molar-refractivity contribution is 7.85. The lowest BCUT2D eigenvalue weighted by molar-refractivity contribution is -0.300. The number of benzene rings is 1. The number of piperidine rings is 1. The van der Waals surface area contributed by atoms with Crippen LogP contribution in [0.15, 0.2) is 29.2 Å². The van der Waals surface area contributed by atoms with Gasteiger partial charge in [0.1, 0.15) is 12.0 Å². The third-order valence-electron chi connectivity index (χ3n) is 8.37. The molecule has 0 aromatic heterocycles. The molecule has 0 radical (unpaired) electrons. The largest absolute Gasteiger partial charge is 0.573 e. The fraction of sp³-hybridized carbons (Fsp3) is 0.760. The Bertz CT molecular complexity index is 1050. The van der Waals surface area contributed by atoms with Crippen LogP contribution in [0, 0.1) is 0 Å². The van der Waals surface area contributed by atoms with Crippen molar-refractivity contribution in [3.8, 4) is 5.75 Å². The van der Waals surface area contributed by atoms with Crippen LogP contribution in [-0.4, -0.2) is 74.9 Å². The predicted octanol–water partition coefficient (Wildman–Crippen LogP) is 3.64. The van der Waals surface area contributed by atoms with Crippen LogP contribution in [0.1, 0.15) is 57.8 Å². The Morgan fingerprint density at radius 2 is 1.70 bits per heavy atom. The summed E-state index contributed by atoms with van der Waals surface area (Å²) in [6, 6.07) is 4.70. The van der Waals surface area contributed by atoms with E-state index in [2.05, 4.69) is 25.8 Å². The summed E-state index contributed by atoms with van der Waals surface area (Å²) in [5, 5.41) is 13.8. The average molecular weight is 601 g/mol. The van der Waals surface area contributed by atoms with Gasteiger partial charge in [0.05, 0.1) is 22.2 Å². The Morgan fingerprint density at radius 3 is 2.40 bits per heavy atom. The summed E-state index contributed by atoms with van der Waals surface area (Å²) in [6.07, 6.45) is -8.37. The summed E-state index contributed by atoms with van der Waals surface area (Å²) in [4.78, 5) is 2.65. The number of hydrogen-bond donors (Lipinski definition) is 4. The van der Waals surface area contributed by atoms with Crippen molar-refractivity contribution in [3.63, 3.8) is 0 Å². The van der Waals surface area contributed by atoms with E-state index >= 15 is 0 Å². The van der Waals surface area contributed by atoms with Gasteiger partial charge in [-0.25, -0.2) is 10.9 Å².